The highest BCUT2D eigenvalue weighted by molar-refractivity contribution is 7.88. The monoisotopic (exact) mass is 447 g/mol. The number of aromatic hydroxyl groups is 1. The van der Waals surface area contributed by atoms with Gasteiger partial charge in [-0.15, -0.1) is 0 Å². The number of nitrogens with one attached hydrogen (secondary N) is 2. The molecule has 0 saturated heterocycles. The van der Waals surface area contributed by atoms with E-state index in [4.69, 9.17) is 0 Å². The van der Waals surface area contributed by atoms with Crippen molar-refractivity contribution in [2.45, 2.75) is 13.0 Å². The van der Waals surface area contributed by atoms with Crippen LogP contribution in [0.25, 0.3) is 10.9 Å². The van der Waals surface area contributed by atoms with Crippen LogP contribution >= 0.6 is 0 Å². The van der Waals surface area contributed by atoms with E-state index in [1.807, 2.05) is 0 Å². The van der Waals surface area contributed by atoms with Gasteiger partial charge < -0.3 is 5.11 Å². The predicted molar refractivity (Wildman–Crippen MR) is 113 cm³/mol. The van der Waals surface area contributed by atoms with Gasteiger partial charge in [-0.25, -0.2) is 27.5 Å². The Hall–Kier alpha value is -3.15. The van der Waals surface area contributed by atoms with E-state index < -0.39 is 21.7 Å². The minimum absolute atomic E-state index is 0.118. The van der Waals surface area contributed by atoms with Crippen LogP contribution in [0.1, 0.15) is 27.3 Å². The molecule has 3 N–H and O–H groups in total. The number of sulfonamides is 1. The Morgan fingerprint density at radius 3 is 2.48 bits per heavy atom. The zero-order valence-corrected chi connectivity index (χ0v) is 18.0. The van der Waals surface area contributed by atoms with Crippen molar-refractivity contribution in [2.75, 3.05) is 20.4 Å². The molecule has 11 heteroatoms. The van der Waals surface area contributed by atoms with Gasteiger partial charge in [-0.05, 0) is 35.7 Å². The third-order valence-corrected chi connectivity index (χ3v) is 4.98. The van der Waals surface area contributed by atoms with Gasteiger partial charge in [0, 0.05) is 25.7 Å². The number of fused-ring (bicyclic) bond motifs is 1. The van der Waals surface area contributed by atoms with Crippen LogP contribution in [-0.4, -0.2) is 54.8 Å². The summed E-state index contributed by atoms with van der Waals surface area (Å²) < 4.78 is 38.7. The van der Waals surface area contributed by atoms with Crippen molar-refractivity contribution < 1.29 is 22.7 Å². The van der Waals surface area contributed by atoms with Gasteiger partial charge >= 0.3 is 0 Å². The molecule has 1 amide bonds. The number of pyridine rings is 2. The molecule has 0 radical (unpaired) electrons. The van der Waals surface area contributed by atoms with Gasteiger partial charge in [0.25, 0.3) is 5.91 Å². The number of nitrogens with zero attached hydrogens (tertiary/aromatic N) is 3. The third kappa shape index (κ3) is 5.72. The zero-order chi connectivity index (χ0) is 22.8. The minimum Gasteiger partial charge on any atom is -0.504 e. The smallest absolute Gasteiger partial charge is 0.288 e. The molecule has 9 nitrogen and oxygen atoms in total. The molecule has 0 atom stereocenters. The number of halogens is 1. The van der Waals surface area contributed by atoms with Crippen LogP contribution in [-0.2, 0) is 23.0 Å². The molecule has 1 aromatic carbocycles. The Morgan fingerprint density at radius 1 is 1.19 bits per heavy atom. The second-order valence-corrected chi connectivity index (χ2v) is 9.06. The highest BCUT2D eigenvalue weighted by Crippen LogP contribution is 2.29. The highest BCUT2D eigenvalue weighted by atomic mass is 32.2. The maximum Gasteiger partial charge on any atom is 0.288 e. The van der Waals surface area contributed by atoms with Crippen molar-refractivity contribution in [1.29, 1.82) is 0 Å². The van der Waals surface area contributed by atoms with Crippen LogP contribution in [0.4, 0.5) is 4.39 Å². The topological polar surface area (TPSA) is 125 Å². The number of carbonyl (C=O) groups is 1. The number of hydrogen-bond acceptors (Lipinski definition) is 7. The summed E-state index contributed by atoms with van der Waals surface area (Å²) in [4.78, 5) is 20.9. The number of rotatable bonds is 7. The molecule has 3 rings (SSSR count). The lowest BCUT2D eigenvalue weighted by atomic mass is 10.0. The number of benzene rings is 1. The molecule has 0 bridgehead atoms. The second kappa shape index (κ2) is 8.92. The summed E-state index contributed by atoms with van der Waals surface area (Å²) in [6.45, 7) is -0.195. The lowest BCUT2D eigenvalue weighted by Crippen LogP contribution is -2.36. The molecule has 0 aliphatic rings. The average molecular weight is 447 g/mol. The molecule has 0 fully saturated rings. The van der Waals surface area contributed by atoms with Crippen LogP contribution in [0.3, 0.4) is 0 Å². The molecule has 0 unspecified atom stereocenters. The minimum atomic E-state index is -3.53. The van der Waals surface area contributed by atoms with E-state index in [2.05, 4.69) is 20.1 Å². The number of amides is 1. The van der Waals surface area contributed by atoms with E-state index in [1.165, 1.54) is 23.3 Å². The molecular weight excluding hydrogens is 425 g/mol. The van der Waals surface area contributed by atoms with Crippen LogP contribution in [0, 0.1) is 5.82 Å². The van der Waals surface area contributed by atoms with Crippen LogP contribution in [0.15, 0.2) is 36.5 Å². The average Bonchev–Trinajstić information content (AvgIpc) is 2.68. The quantitative estimate of drug-likeness (QED) is 0.467. The van der Waals surface area contributed by atoms with Crippen molar-refractivity contribution in [3.63, 3.8) is 0 Å². The van der Waals surface area contributed by atoms with Crippen molar-refractivity contribution in [2.24, 2.45) is 0 Å². The van der Waals surface area contributed by atoms with E-state index in [-0.39, 0.29) is 29.3 Å². The number of hydrogen-bond donors (Lipinski definition) is 3. The lowest BCUT2D eigenvalue weighted by molar-refractivity contribution is 0.0848. The number of aromatic nitrogens is 2. The zero-order valence-electron chi connectivity index (χ0n) is 17.2. The molecule has 3 aromatic rings. The van der Waals surface area contributed by atoms with E-state index in [9.17, 15) is 22.7 Å². The summed E-state index contributed by atoms with van der Waals surface area (Å²) in [6.07, 6.45) is 2.98. The summed E-state index contributed by atoms with van der Waals surface area (Å²) in [5, 5.41) is 12.4. The van der Waals surface area contributed by atoms with Gasteiger partial charge in [0.1, 0.15) is 11.3 Å². The van der Waals surface area contributed by atoms with Crippen molar-refractivity contribution in [3.8, 4) is 5.75 Å². The second-order valence-electron chi connectivity index (χ2n) is 7.23. The fraction of sp³-hybridized carbons (Fsp3) is 0.250. The fourth-order valence-corrected chi connectivity index (χ4v) is 3.36. The molecule has 2 heterocycles. The van der Waals surface area contributed by atoms with Gasteiger partial charge in [0.2, 0.25) is 10.0 Å². The fourth-order valence-electron chi connectivity index (χ4n) is 2.96. The molecule has 0 aliphatic heterocycles. The summed E-state index contributed by atoms with van der Waals surface area (Å²) in [5.74, 6) is -1.42. The van der Waals surface area contributed by atoms with Gasteiger partial charge in [-0.1, -0.05) is 12.1 Å². The summed E-state index contributed by atoms with van der Waals surface area (Å²) in [7, 11) is -0.335. The first-order valence-corrected chi connectivity index (χ1v) is 11.1. The molecule has 31 heavy (non-hydrogen) atoms. The normalized spacial score (nSPS) is 11.8. The number of hydrazine groups is 1. The summed E-state index contributed by atoms with van der Waals surface area (Å²) >= 11 is 0. The van der Waals surface area contributed by atoms with E-state index in [1.54, 1.807) is 32.3 Å². The molecule has 0 saturated carbocycles. The van der Waals surface area contributed by atoms with E-state index in [0.717, 1.165) is 17.4 Å². The molecule has 0 aliphatic carbocycles. The maximum atomic E-state index is 13.2. The first kappa shape index (κ1) is 22.5. The van der Waals surface area contributed by atoms with Gasteiger partial charge in [-0.3, -0.25) is 15.2 Å². The summed E-state index contributed by atoms with van der Waals surface area (Å²) in [6, 6.07) is 7.72. The molecule has 0 spiro atoms. The van der Waals surface area contributed by atoms with Gasteiger partial charge in [0.15, 0.2) is 11.4 Å². The first-order valence-electron chi connectivity index (χ1n) is 9.21. The Balaban J connectivity index is 2.09. The Kier molecular flexibility index (Phi) is 6.48. The van der Waals surface area contributed by atoms with Crippen LogP contribution < -0.4 is 10.1 Å². The Labute approximate surface area is 179 Å². The van der Waals surface area contributed by atoms with Crippen molar-refractivity contribution in [1.82, 2.24) is 25.1 Å². The predicted octanol–water partition coefficient (Wildman–Crippen LogP) is 1.32. The Bertz CT molecular complexity index is 1230. The van der Waals surface area contributed by atoms with E-state index in [0.29, 0.717) is 11.8 Å². The molecule has 164 valence electrons. The molecule has 2 aromatic heterocycles. The maximum absolute atomic E-state index is 13.2. The SMILES string of the molecule is CN(C)NC(=O)c1nc(CNS(C)(=O)=O)c2cc(Cc3ccc(F)cc3)cnc2c1O. The van der Waals surface area contributed by atoms with Crippen LogP contribution in [0.2, 0.25) is 0 Å². The highest BCUT2D eigenvalue weighted by Gasteiger charge is 2.21. The third-order valence-electron chi connectivity index (χ3n) is 4.31. The Morgan fingerprint density at radius 2 is 1.87 bits per heavy atom. The van der Waals surface area contributed by atoms with Crippen LogP contribution in [0.5, 0.6) is 5.75 Å². The standard InChI is InChI=1S/C20H22FN5O4S/c1-26(2)25-20(28)18-19(27)17-15(16(24-18)11-23-31(3,29)30)9-13(10-22-17)8-12-4-6-14(21)7-5-12/h4-7,9-10,23,27H,8,11H2,1-3H3,(H,25,28). The van der Waals surface area contributed by atoms with E-state index >= 15 is 0 Å². The molecular formula is C20H22FN5O4S. The van der Waals surface area contributed by atoms with Gasteiger partial charge in [0.05, 0.1) is 18.5 Å². The lowest BCUT2D eigenvalue weighted by Gasteiger charge is -2.15. The first-order chi connectivity index (χ1) is 14.5. The van der Waals surface area contributed by atoms with Crippen molar-refractivity contribution in [3.05, 3.63) is 64.9 Å². The van der Waals surface area contributed by atoms with Gasteiger partial charge in [-0.2, -0.15) is 0 Å². The summed E-state index contributed by atoms with van der Waals surface area (Å²) in [5.41, 5.74) is 4.15. The van der Waals surface area contributed by atoms with Crippen molar-refractivity contribution >= 4 is 26.8 Å². The largest absolute Gasteiger partial charge is 0.504 e. The number of carbonyl (C=O) groups excluding carboxylic acids is 1.